The second kappa shape index (κ2) is 30.5. The van der Waals surface area contributed by atoms with Crippen LogP contribution >= 0.6 is 0 Å². The number of ether oxygens (including phenoxy) is 7. The number of nitrogens with one attached hydrogen (secondary N) is 6. The average molecular weight is 1260 g/mol. The lowest BCUT2D eigenvalue weighted by molar-refractivity contribution is -0.385. The van der Waals surface area contributed by atoms with Crippen LogP contribution in [0.3, 0.4) is 0 Å². The van der Waals surface area contributed by atoms with Crippen LogP contribution in [-0.4, -0.2) is 200 Å². The monoisotopic (exact) mass is 1260 g/mol. The average Bonchev–Trinajstić information content (AvgIpc) is 0.793. The van der Waals surface area contributed by atoms with Gasteiger partial charge in [0.25, 0.3) is 23.2 Å². The minimum absolute atomic E-state index is 0.0499. The van der Waals surface area contributed by atoms with Crippen molar-refractivity contribution in [1.29, 1.82) is 0 Å². The van der Waals surface area contributed by atoms with Gasteiger partial charge in [-0.1, -0.05) is 20.8 Å². The number of hydrogen-bond donors (Lipinski definition) is 11. The predicted octanol–water partition coefficient (Wildman–Crippen LogP) is 1.94. The van der Waals surface area contributed by atoms with Crippen LogP contribution < -0.4 is 31.9 Å². The summed E-state index contributed by atoms with van der Waals surface area (Å²) >= 11 is 0. The Kier molecular flexibility index (Phi) is 24.6. The molecule has 2 heterocycles. The molecule has 32 nitrogen and oxygen atoms in total. The smallest absolute Gasteiger partial charge is 0.410 e. The van der Waals surface area contributed by atoms with Crippen LogP contribution in [0.5, 0.6) is 0 Å². The number of non-ortho nitro benzene ring substituents is 2. The third-order valence-corrected chi connectivity index (χ3v) is 14.0. The van der Waals surface area contributed by atoms with Crippen LogP contribution in [0.15, 0.2) is 60.4 Å². The number of aliphatic hydroxyl groups excluding tert-OH is 4. The van der Waals surface area contributed by atoms with Gasteiger partial charge in [-0.25, -0.2) is 19.2 Å². The van der Waals surface area contributed by atoms with E-state index in [2.05, 4.69) is 31.9 Å². The Morgan fingerprint density at radius 1 is 0.708 bits per heavy atom. The second-order valence-electron chi connectivity index (χ2n) is 25.2. The topological polar surface area (TPSA) is 447 Å². The molecule has 7 amide bonds. The normalized spacial score (nSPS) is 25.1. The molecule has 89 heavy (non-hydrogen) atoms. The second-order valence-corrected chi connectivity index (χ2v) is 25.2. The van der Waals surface area contributed by atoms with Gasteiger partial charge in [-0.3, -0.25) is 34.6 Å². The Balaban J connectivity index is 1.58. The van der Waals surface area contributed by atoms with Crippen LogP contribution in [0.1, 0.15) is 99.6 Å². The lowest BCUT2D eigenvalue weighted by Gasteiger charge is -2.52. The zero-order valence-electron chi connectivity index (χ0n) is 51.4. The van der Waals surface area contributed by atoms with Gasteiger partial charge in [0.2, 0.25) is 5.91 Å². The molecule has 0 bridgehead atoms. The van der Waals surface area contributed by atoms with Crippen LogP contribution in [0.25, 0.3) is 0 Å². The molecule has 13 atom stereocenters. The maximum absolute atomic E-state index is 14.1. The van der Waals surface area contributed by atoms with Crippen molar-refractivity contribution >= 4 is 53.5 Å². The molecule has 1 aliphatic carbocycles. The molecule has 2 aromatic rings. The van der Waals surface area contributed by atoms with E-state index in [1.165, 1.54) is 68.6 Å². The summed E-state index contributed by atoms with van der Waals surface area (Å²) in [7, 11) is 1.24. The number of nitrogens with zero attached hydrogens (tertiary/aromatic N) is 3. The molecule has 11 N–H and O–H groups in total. The Bertz CT molecular complexity index is 2860. The highest BCUT2D eigenvalue weighted by Crippen LogP contribution is 2.39. The summed E-state index contributed by atoms with van der Waals surface area (Å²) in [6.45, 7) is 13.0. The van der Waals surface area contributed by atoms with Gasteiger partial charge < -0.3 is 95.5 Å². The van der Waals surface area contributed by atoms with E-state index in [0.29, 0.717) is 11.1 Å². The Hall–Kier alpha value is -8.01. The molecule has 2 unspecified atom stereocenters. The molecule has 0 aromatic heterocycles. The number of alkyl carbamates (subject to hydrolysis) is 3. The Morgan fingerprint density at radius 2 is 1.22 bits per heavy atom. The van der Waals surface area contributed by atoms with Gasteiger partial charge >= 0.3 is 24.4 Å². The summed E-state index contributed by atoms with van der Waals surface area (Å²) < 4.78 is 40.7. The van der Waals surface area contributed by atoms with Crippen LogP contribution in [0.2, 0.25) is 0 Å². The van der Waals surface area contributed by atoms with Crippen LogP contribution in [0.4, 0.5) is 30.6 Å². The van der Waals surface area contributed by atoms with Gasteiger partial charge in [-0.15, -0.1) is 0 Å². The van der Waals surface area contributed by atoms with E-state index < -0.39 is 193 Å². The molecule has 0 spiro atoms. The zero-order chi connectivity index (χ0) is 66.5. The largest absolute Gasteiger partial charge is 0.491 e. The lowest BCUT2D eigenvalue weighted by Crippen LogP contribution is -2.71. The molecule has 0 radical (unpaired) electrons. The highest BCUT2D eigenvalue weighted by molar-refractivity contribution is 5.83. The predicted molar refractivity (Wildman–Crippen MR) is 309 cm³/mol. The highest BCUT2D eigenvalue weighted by atomic mass is 16.7. The quantitative estimate of drug-likeness (QED) is 0.0456. The van der Waals surface area contributed by atoms with E-state index in [-0.39, 0.29) is 30.0 Å². The molecule has 2 fully saturated rings. The maximum atomic E-state index is 14.1. The number of likely N-dealkylation sites (N-methyl/N-ethyl adjacent to an activating group) is 1. The van der Waals surface area contributed by atoms with Gasteiger partial charge in [0.1, 0.15) is 66.3 Å². The van der Waals surface area contributed by atoms with E-state index in [0.717, 1.165) is 4.90 Å². The SMILES string of the molecule is CN(C(=O)OC(C)(C)C)[C@@H]1[C@@H](O)[C@@H](O[C@H]2[C@H](NC(=O)[C@@H](O)CNC(=O)OC(C)(C)C)C[C@H](NC(=O)OCc3ccc([N+](=O)[O-])cc3)C([C@H]3OC(CNC(=O)C(O)CNC(=O)CC(C)(C)C)=CC[C@H]3NC(=O)OCc3ccc([N+](=O)[O-])cc3)[C@@H]2O)OC[C@]1(C)O. The van der Waals surface area contributed by atoms with E-state index in [9.17, 15) is 79.3 Å². The number of hydrogen-bond acceptors (Lipinski definition) is 23. The van der Waals surface area contributed by atoms with Crippen molar-refractivity contribution in [1.82, 2.24) is 36.8 Å². The van der Waals surface area contributed by atoms with Crippen molar-refractivity contribution in [2.45, 2.75) is 186 Å². The lowest BCUT2D eigenvalue weighted by atomic mass is 9.72. The van der Waals surface area contributed by atoms with Crippen molar-refractivity contribution in [3.8, 4) is 0 Å². The molecule has 3 aliphatic rings. The first-order valence-corrected chi connectivity index (χ1v) is 28.5. The summed E-state index contributed by atoms with van der Waals surface area (Å²) in [6, 6.07) is 4.18. The van der Waals surface area contributed by atoms with Gasteiger partial charge in [-0.05, 0) is 108 Å². The van der Waals surface area contributed by atoms with Crippen molar-refractivity contribution in [3.05, 3.63) is 91.7 Å². The zero-order valence-corrected chi connectivity index (χ0v) is 51.4. The number of nitro groups is 2. The fourth-order valence-electron chi connectivity index (χ4n) is 9.89. The first kappa shape index (κ1) is 71.7. The van der Waals surface area contributed by atoms with Crippen molar-refractivity contribution in [2.75, 3.05) is 33.3 Å². The van der Waals surface area contributed by atoms with E-state index in [1.807, 2.05) is 20.8 Å². The molecule has 2 aromatic carbocycles. The fourth-order valence-corrected chi connectivity index (χ4v) is 9.89. The van der Waals surface area contributed by atoms with Gasteiger partial charge in [0, 0.05) is 49.7 Å². The Labute approximate surface area is 512 Å². The number of rotatable bonds is 22. The van der Waals surface area contributed by atoms with Gasteiger partial charge in [0.05, 0.1) is 60.3 Å². The summed E-state index contributed by atoms with van der Waals surface area (Å²) in [4.78, 5) is 116. The van der Waals surface area contributed by atoms with Crippen molar-refractivity contribution < 1.29 is 102 Å². The number of nitro benzene ring substituents is 2. The van der Waals surface area contributed by atoms with Crippen LogP contribution in [0, 0.1) is 31.6 Å². The van der Waals surface area contributed by atoms with E-state index in [4.69, 9.17) is 33.2 Å². The molecule has 32 heteroatoms. The standard InChI is InChI=1S/C57H83N9O23/c1-54(2,3)23-40(69)58-25-38(67)47(72)59-24-34-20-21-35(62-51(75)83-27-30-12-16-32(17-13-30)65(79)80)44(86-34)41-36(63-52(76)84-28-31-14-18-33(19-15-31)66(81)82)22-37(61-48(73)39(68)26-60-50(74)88-55(4,5)6)45(42(41)70)87-49-43(71)46(57(10,78)29-85-49)64(11)53(77)89-56(7,8)9/h12-20,35-39,41-46,49,67-68,70-71,78H,21-29H2,1-11H3,(H,58,69)(H,59,72)(H,60,74)(H,61,73)(H,62,75)(H,63,76)/t35-,36+,37-,38?,39+,41?,42+,43-,44+,45+,46-,49-,57+/m1/s1. The maximum Gasteiger partial charge on any atom is 0.410 e. The number of carbonyl (C=O) groups excluding carboxylic acids is 7. The number of amides is 7. The molecule has 2 aliphatic heterocycles. The van der Waals surface area contributed by atoms with E-state index in [1.54, 1.807) is 41.5 Å². The van der Waals surface area contributed by atoms with E-state index >= 15 is 0 Å². The third-order valence-electron chi connectivity index (χ3n) is 14.0. The number of carbonyl (C=O) groups is 7. The summed E-state index contributed by atoms with van der Waals surface area (Å²) in [5.41, 5.74) is -4.30. The highest BCUT2D eigenvalue weighted by Gasteiger charge is 2.57. The molecule has 1 saturated heterocycles. The molecular formula is C57H83N9O23. The summed E-state index contributed by atoms with van der Waals surface area (Å²) in [5, 5.41) is 96.7. The van der Waals surface area contributed by atoms with Gasteiger partial charge in [0.15, 0.2) is 6.29 Å². The minimum atomic E-state index is -2.09. The summed E-state index contributed by atoms with van der Waals surface area (Å²) in [5.74, 6) is -4.22. The third kappa shape index (κ3) is 21.9. The number of aliphatic hydroxyl groups is 5. The molecule has 5 rings (SSSR count). The first-order chi connectivity index (χ1) is 41.3. The van der Waals surface area contributed by atoms with Crippen molar-refractivity contribution in [3.63, 3.8) is 0 Å². The molecule has 1 saturated carbocycles. The van der Waals surface area contributed by atoms with Crippen molar-refractivity contribution in [2.24, 2.45) is 11.3 Å². The van der Waals surface area contributed by atoms with Crippen LogP contribution in [-0.2, 0) is 60.8 Å². The fraction of sp³-hybridized carbons (Fsp3) is 0.632. The molecular weight excluding hydrogens is 1180 g/mol. The first-order valence-electron chi connectivity index (χ1n) is 28.5. The summed E-state index contributed by atoms with van der Waals surface area (Å²) in [6.07, 6.45) is -16.7. The van der Waals surface area contributed by atoms with Gasteiger partial charge in [-0.2, -0.15) is 0 Å². The molecule has 494 valence electrons. The number of benzene rings is 2. The minimum Gasteiger partial charge on any atom is -0.491 e. The Morgan fingerprint density at radius 3 is 1.74 bits per heavy atom.